The summed E-state index contributed by atoms with van der Waals surface area (Å²) < 4.78 is 5.28. The molecular formula is C14H24N4O2. The maximum atomic E-state index is 11.8. The Hall–Kier alpha value is -1.43. The van der Waals surface area contributed by atoms with Gasteiger partial charge >= 0.3 is 0 Å². The van der Waals surface area contributed by atoms with Crippen molar-refractivity contribution in [2.24, 2.45) is 5.73 Å². The van der Waals surface area contributed by atoms with Gasteiger partial charge in [-0.2, -0.15) is 4.98 Å². The van der Waals surface area contributed by atoms with Crippen molar-refractivity contribution in [3.63, 3.8) is 0 Å². The minimum absolute atomic E-state index is 0.234. The van der Waals surface area contributed by atoms with Crippen LogP contribution in [0.25, 0.3) is 0 Å². The highest BCUT2D eigenvalue weighted by molar-refractivity contribution is 5.85. The average Bonchev–Trinajstić information content (AvgIpc) is 2.88. The number of aromatic nitrogens is 2. The summed E-state index contributed by atoms with van der Waals surface area (Å²) in [6.45, 7) is 5.15. The molecule has 6 heteroatoms. The summed E-state index contributed by atoms with van der Waals surface area (Å²) in [6, 6.07) is -0.324. The van der Waals surface area contributed by atoms with E-state index in [0.29, 0.717) is 11.8 Å². The molecule has 6 nitrogen and oxygen atoms in total. The van der Waals surface area contributed by atoms with E-state index in [9.17, 15) is 4.79 Å². The summed E-state index contributed by atoms with van der Waals surface area (Å²) in [7, 11) is 0. The molecule has 0 radical (unpaired) electrons. The number of carbonyl (C=O) groups excluding carboxylic acids is 1. The smallest absolute Gasteiger partial charge is 0.248 e. The third kappa shape index (κ3) is 3.56. The minimum atomic E-state index is -0.916. The molecule has 1 fully saturated rings. The van der Waals surface area contributed by atoms with Crippen molar-refractivity contribution < 1.29 is 9.32 Å². The number of carbonyl (C=O) groups is 1. The molecule has 1 aliphatic rings. The van der Waals surface area contributed by atoms with Gasteiger partial charge < -0.3 is 15.6 Å². The van der Waals surface area contributed by atoms with Gasteiger partial charge in [0.05, 0.1) is 5.54 Å². The van der Waals surface area contributed by atoms with Gasteiger partial charge in [-0.05, 0) is 33.6 Å². The van der Waals surface area contributed by atoms with Crippen LogP contribution < -0.4 is 11.1 Å². The molecule has 1 amide bonds. The van der Waals surface area contributed by atoms with E-state index in [1.165, 1.54) is 19.3 Å². The van der Waals surface area contributed by atoms with Crippen LogP contribution in [0.4, 0.5) is 0 Å². The number of nitrogens with one attached hydrogen (secondary N) is 1. The van der Waals surface area contributed by atoms with Crippen LogP contribution in [0.2, 0.25) is 0 Å². The molecule has 2 rings (SSSR count). The van der Waals surface area contributed by atoms with Crippen LogP contribution >= 0.6 is 0 Å². The first-order chi connectivity index (χ1) is 9.38. The standard InChI is InChI=1S/C14H24N4O2/c1-9(16-13(19)14(2,3)15)12-17-11(18-20-12)10-7-5-4-6-8-10/h9-10H,4-8,15H2,1-3H3,(H,16,19). The Kier molecular flexibility index (Phi) is 4.42. The summed E-state index contributed by atoms with van der Waals surface area (Å²) in [5.41, 5.74) is 4.83. The van der Waals surface area contributed by atoms with Crippen LogP contribution in [0.3, 0.4) is 0 Å². The molecule has 0 aromatic carbocycles. The number of amides is 1. The third-order valence-electron chi connectivity index (χ3n) is 3.73. The summed E-state index contributed by atoms with van der Waals surface area (Å²) >= 11 is 0. The number of hydrogen-bond donors (Lipinski definition) is 2. The molecule has 1 saturated carbocycles. The van der Waals surface area contributed by atoms with Gasteiger partial charge in [-0.3, -0.25) is 4.79 Å². The van der Waals surface area contributed by atoms with E-state index >= 15 is 0 Å². The lowest BCUT2D eigenvalue weighted by atomic mass is 9.89. The van der Waals surface area contributed by atoms with E-state index in [1.54, 1.807) is 13.8 Å². The maximum Gasteiger partial charge on any atom is 0.248 e. The van der Waals surface area contributed by atoms with E-state index in [1.807, 2.05) is 6.92 Å². The fraction of sp³-hybridized carbons (Fsp3) is 0.786. The van der Waals surface area contributed by atoms with E-state index in [0.717, 1.165) is 18.7 Å². The molecule has 1 aliphatic carbocycles. The fourth-order valence-electron chi connectivity index (χ4n) is 2.39. The molecule has 0 bridgehead atoms. The Labute approximate surface area is 119 Å². The Morgan fingerprint density at radius 1 is 1.40 bits per heavy atom. The van der Waals surface area contributed by atoms with Crippen molar-refractivity contribution in [3.05, 3.63) is 11.7 Å². The molecule has 3 N–H and O–H groups in total. The zero-order valence-electron chi connectivity index (χ0n) is 12.5. The lowest BCUT2D eigenvalue weighted by molar-refractivity contribution is -0.126. The predicted molar refractivity (Wildman–Crippen MR) is 74.9 cm³/mol. The van der Waals surface area contributed by atoms with Gasteiger partial charge in [-0.1, -0.05) is 24.4 Å². The second-order valence-corrected chi connectivity index (χ2v) is 6.24. The van der Waals surface area contributed by atoms with Crippen LogP contribution in [-0.2, 0) is 4.79 Å². The van der Waals surface area contributed by atoms with Crippen LogP contribution in [-0.4, -0.2) is 21.6 Å². The van der Waals surface area contributed by atoms with E-state index < -0.39 is 5.54 Å². The molecule has 20 heavy (non-hydrogen) atoms. The van der Waals surface area contributed by atoms with Crippen LogP contribution in [0.1, 0.15) is 76.6 Å². The van der Waals surface area contributed by atoms with Crippen molar-refractivity contribution in [2.75, 3.05) is 0 Å². The van der Waals surface area contributed by atoms with Gasteiger partial charge in [-0.15, -0.1) is 0 Å². The van der Waals surface area contributed by atoms with Crippen molar-refractivity contribution in [2.45, 2.75) is 70.4 Å². The summed E-state index contributed by atoms with van der Waals surface area (Å²) in [4.78, 5) is 16.3. The summed E-state index contributed by atoms with van der Waals surface area (Å²) in [5.74, 6) is 1.38. The molecule has 1 aromatic heterocycles. The normalized spacial score (nSPS) is 18.8. The number of hydrogen-bond acceptors (Lipinski definition) is 5. The molecule has 112 valence electrons. The first-order valence-corrected chi connectivity index (χ1v) is 7.31. The van der Waals surface area contributed by atoms with E-state index in [2.05, 4.69) is 15.5 Å². The zero-order valence-corrected chi connectivity index (χ0v) is 12.5. The third-order valence-corrected chi connectivity index (χ3v) is 3.73. The second kappa shape index (κ2) is 5.91. The maximum absolute atomic E-state index is 11.8. The highest BCUT2D eigenvalue weighted by Crippen LogP contribution is 2.31. The van der Waals surface area contributed by atoms with Crippen LogP contribution in [0.15, 0.2) is 4.52 Å². The van der Waals surface area contributed by atoms with Gasteiger partial charge in [0.15, 0.2) is 5.82 Å². The fourth-order valence-corrected chi connectivity index (χ4v) is 2.39. The van der Waals surface area contributed by atoms with Gasteiger partial charge in [0.1, 0.15) is 6.04 Å². The molecule has 0 saturated heterocycles. The topological polar surface area (TPSA) is 94.0 Å². The Bertz CT molecular complexity index is 458. The van der Waals surface area contributed by atoms with Gasteiger partial charge in [0.25, 0.3) is 0 Å². The highest BCUT2D eigenvalue weighted by Gasteiger charge is 2.27. The lowest BCUT2D eigenvalue weighted by Crippen LogP contribution is -2.49. The summed E-state index contributed by atoms with van der Waals surface area (Å²) in [5, 5.41) is 6.85. The predicted octanol–water partition coefficient (Wildman–Crippen LogP) is 2.03. The molecule has 0 aliphatic heterocycles. The largest absolute Gasteiger partial charge is 0.343 e. The van der Waals surface area contributed by atoms with Crippen LogP contribution in [0, 0.1) is 0 Å². The Morgan fingerprint density at radius 2 is 2.05 bits per heavy atom. The SMILES string of the molecule is CC(NC(=O)C(C)(C)N)c1nc(C2CCCCC2)no1. The Morgan fingerprint density at radius 3 is 2.65 bits per heavy atom. The highest BCUT2D eigenvalue weighted by atomic mass is 16.5. The first-order valence-electron chi connectivity index (χ1n) is 7.31. The van der Waals surface area contributed by atoms with Gasteiger partial charge in [-0.25, -0.2) is 0 Å². The van der Waals surface area contributed by atoms with Crippen molar-refractivity contribution in [1.82, 2.24) is 15.5 Å². The quantitative estimate of drug-likeness (QED) is 0.880. The summed E-state index contributed by atoms with van der Waals surface area (Å²) in [6.07, 6.45) is 5.98. The van der Waals surface area contributed by atoms with E-state index in [-0.39, 0.29) is 11.9 Å². The van der Waals surface area contributed by atoms with Crippen LogP contribution in [0.5, 0.6) is 0 Å². The van der Waals surface area contributed by atoms with E-state index in [4.69, 9.17) is 10.3 Å². The molecule has 1 unspecified atom stereocenters. The van der Waals surface area contributed by atoms with Gasteiger partial charge in [0, 0.05) is 5.92 Å². The Balaban J connectivity index is 1.99. The van der Waals surface area contributed by atoms with Crippen molar-refractivity contribution in [1.29, 1.82) is 0 Å². The van der Waals surface area contributed by atoms with Crippen molar-refractivity contribution in [3.8, 4) is 0 Å². The second-order valence-electron chi connectivity index (χ2n) is 6.24. The molecule has 1 atom stereocenters. The van der Waals surface area contributed by atoms with Gasteiger partial charge in [0.2, 0.25) is 11.8 Å². The number of nitrogens with zero attached hydrogens (tertiary/aromatic N) is 2. The molecule has 1 aromatic rings. The minimum Gasteiger partial charge on any atom is -0.343 e. The van der Waals surface area contributed by atoms with Crippen molar-refractivity contribution >= 4 is 5.91 Å². The number of nitrogens with two attached hydrogens (primary N) is 1. The average molecular weight is 280 g/mol. The monoisotopic (exact) mass is 280 g/mol. The molecular weight excluding hydrogens is 256 g/mol. The molecule has 0 spiro atoms. The number of rotatable bonds is 4. The first kappa shape index (κ1) is 15.0. The molecule has 1 heterocycles. The lowest BCUT2D eigenvalue weighted by Gasteiger charge is -2.20. The zero-order chi connectivity index (χ0) is 14.8.